The molecule has 0 saturated carbocycles. The topological polar surface area (TPSA) is 132 Å². The second-order valence-corrected chi connectivity index (χ2v) is 10.5. The number of nitrogens with one attached hydrogen (secondary N) is 1. The van der Waals surface area contributed by atoms with Crippen LogP contribution in [0.15, 0.2) is 95.1 Å². The van der Waals surface area contributed by atoms with Gasteiger partial charge >= 0.3 is 6.18 Å². The van der Waals surface area contributed by atoms with Gasteiger partial charge in [-0.25, -0.2) is 9.38 Å². The second-order valence-electron chi connectivity index (χ2n) is 10.5. The van der Waals surface area contributed by atoms with E-state index in [2.05, 4.69) is 10.3 Å². The first-order chi connectivity index (χ1) is 21.8. The van der Waals surface area contributed by atoms with Crippen LogP contribution in [0.25, 0.3) is 0 Å². The SMILES string of the molecule is CCN1C(=O)C(NC(=O)c2cccc(C(F)(F)F)c2)C(c2ccc(F)cc2)/C(=C(/N)C(=O)N(C)[C@H](C)C#N)C1=Nc1ccccc1. The van der Waals surface area contributed by atoms with Crippen LogP contribution in [0.4, 0.5) is 23.2 Å². The van der Waals surface area contributed by atoms with Crippen LogP contribution in [0.3, 0.4) is 0 Å². The molecule has 1 heterocycles. The van der Waals surface area contributed by atoms with Crippen LogP contribution in [0.1, 0.15) is 41.3 Å². The van der Waals surface area contributed by atoms with Gasteiger partial charge < -0.3 is 16.0 Å². The van der Waals surface area contributed by atoms with E-state index in [1.165, 1.54) is 31.0 Å². The van der Waals surface area contributed by atoms with E-state index in [9.17, 15) is 37.2 Å². The van der Waals surface area contributed by atoms with E-state index in [4.69, 9.17) is 5.73 Å². The molecular weight excluding hydrogens is 604 g/mol. The summed E-state index contributed by atoms with van der Waals surface area (Å²) < 4.78 is 54.4. The van der Waals surface area contributed by atoms with E-state index in [1.807, 2.05) is 6.07 Å². The molecule has 3 atom stereocenters. The molecule has 1 saturated heterocycles. The fourth-order valence-electron chi connectivity index (χ4n) is 5.01. The standard InChI is InChI=1S/C33H30F4N6O3/c1-4-43-29(40-24-11-6-5-7-12-24)26(27(39)31(45)42(3)19(2)18-38)25(20-13-15-23(34)16-14-20)28(32(43)46)41-30(44)21-9-8-10-22(17-21)33(35,36)37/h5-17,19,25,28H,4,39H2,1-3H3,(H,41,44)/b27-26-,40-29?/t19-,25?,28?/m1/s1. The molecule has 0 aromatic heterocycles. The van der Waals surface area contributed by atoms with E-state index in [0.717, 1.165) is 35.2 Å². The minimum absolute atomic E-state index is 0.00626. The van der Waals surface area contributed by atoms with Crippen LogP contribution in [0, 0.1) is 17.1 Å². The molecule has 238 valence electrons. The van der Waals surface area contributed by atoms with Crippen molar-refractivity contribution in [3.63, 3.8) is 0 Å². The van der Waals surface area contributed by atoms with Crippen molar-refractivity contribution in [1.82, 2.24) is 15.1 Å². The van der Waals surface area contributed by atoms with Gasteiger partial charge in [-0.05, 0) is 61.9 Å². The zero-order valence-corrected chi connectivity index (χ0v) is 25.0. The van der Waals surface area contributed by atoms with Crippen molar-refractivity contribution in [2.24, 2.45) is 10.7 Å². The van der Waals surface area contributed by atoms with Crippen LogP contribution in [0.5, 0.6) is 0 Å². The van der Waals surface area contributed by atoms with Crippen LogP contribution in [-0.4, -0.2) is 59.0 Å². The molecule has 1 aliphatic rings. The number of halogens is 4. The average Bonchev–Trinajstić information content (AvgIpc) is 3.05. The van der Waals surface area contributed by atoms with E-state index >= 15 is 0 Å². The Kier molecular flexibility index (Phi) is 9.90. The molecule has 1 aliphatic heterocycles. The maximum Gasteiger partial charge on any atom is 0.416 e. The van der Waals surface area contributed by atoms with E-state index < -0.39 is 59.0 Å². The number of hydrogen-bond acceptors (Lipinski definition) is 6. The van der Waals surface area contributed by atoms with Gasteiger partial charge in [-0.3, -0.25) is 19.3 Å². The predicted molar refractivity (Wildman–Crippen MR) is 162 cm³/mol. The summed E-state index contributed by atoms with van der Waals surface area (Å²) >= 11 is 0. The lowest BCUT2D eigenvalue weighted by molar-refractivity contribution is -0.137. The quantitative estimate of drug-likeness (QED) is 0.282. The molecule has 1 fully saturated rings. The predicted octanol–water partition coefficient (Wildman–Crippen LogP) is 4.90. The third-order valence-corrected chi connectivity index (χ3v) is 7.56. The minimum atomic E-state index is -4.73. The molecule has 9 nitrogen and oxygen atoms in total. The number of piperidine rings is 1. The lowest BCUT2D eigenvalue weighted by atomic mass is 9.78. The van der Waals surface area contributed by atoms with Gasteiger partial charge in [0.1, 0.15) is 29.4 Å². The first-order valence-corrected chi connectivity index (χ1v) is 14.1. The Hall–Kier alpha value is -5.51. The van der Waals surface area contributed by atoms with Gasteiger partial charge in [0, 0.05) is 30.6 Å². The zero-order chi connectivity index (χ0) is 33.8. The largest absolute Gasteiger partial charge is 0.416 e. The summed E-state index contributed by atoms with van der Waals surface area (Å²) in [7, 11) is 1.36. The molecule has 46 heavy (non-hydrogen) atoms. The van der Waals surface area contributed by atoms with Crippen molar-refractivity contribution < 1.29 is 31.9 Å². The number of nitrogens with zero attached hydrogens (tertiary/aromatic N) is 4. The average molecular weight is 635 g/mol. The van der Waals surface area contributed by atoms with Crippen molar-refractivity contribution in [2.45, 2.75) is 38.0 Å². The number of amides is 3. The molecular formula is C33H30F4N6O3. The molecule has 3 N–H and O–H groups in total. The molecule has 0 radical (unpaired) electrons. The number of carbonyl (C=O) groups excluding carboxylic acids is 3. The number of aliphatic imine (C=N–C) groups is 1. The number of para-hydroxylation sites is 1. The number of rotatable bonds is 7. The second kappa shape index (κ2) is 13.6. The van der Waals surface area contributed by atoms with Gasteiger partial charge in [-0.15, -0.1) is 0 Å². The highest BCUT2D eigenvalue weighted by molar-refractivity contribution is 6.18. The molecule has 13 heteroatoms. The van der Waals surface area contributed by atoms with Gasteiger partial charge in [0.15, 0.2) is 0 Å². The van der Waals surface area contributed by atoms with E-state index in [-0.39, 0.29) is 29.1 Å². The molecule has 0 aliphatic carbocycles. The first-order valence-electron chi connectivity index (χ1n) is 14.1. The van der Waals surface area contributed by atoms with Crippen molar-refractivity contribution in [3.8, 4) is 6.07 Å². The summed E-state index contributed by atoms with van der Waals surface area (Å²) in [6.45, 7) is 3.10. The smallest absolute Gasteiger partial charge is 0.394 e. The Labute approximate surface area is 262 Å². The van der Waals surface area contributed by atoms with E-state index in [0.29, 0.717) is 11.8 Å². The van der Waals surface area contributed by atoms with Crippen LogP contribution < -0.4 is 11.1 Å². The molecule has 2 unspecified atom stereocenters. The number of nitriles is 1. The van der Waals surface area contributed by atoms with Crippen molar-refractivity contribution in [2.75, 3.05) is 13.6 Å². The molecule has 0 bridgehead atoms. The normalized spacial score (nSPS) is 19.3. The molecule has 3 aromatic rings. The number of likely N-dealkylation sites (N-methyl/N-ethyl adjacent to an activating group) is 2. The highest BCUT2D eigenvalue weighted by Gasteiger charge is 2.47. The van der Waals surface area contributed by atoms with Gasteiger partial charge in [0.2, 0.25) is 0 Å². The van der Waals surface area contributed by atoms with Crippen LogP contribution in [-0.2, 0) is 15.8 Å². The molecule has 3 aromatic carbocycles. The summed E-state index contributed by atoms with van der Waals surface area (Å²) in [5, 5.41) is 12.0. The Morgan fingerprint density at radius 1 is 1.09 bits per heavy atom. The molecule has 0 spiro atoms. The maximum atomic E-state index is 14.2. The fourth-order valence-corrected chi connectivity index (χ4v) is 5.01. The van der Waals surface area contributed by atoms with Crippen LogP contribution >= 0.6 is 0 Å². The van der Waals surface area contributed by atoms with Crippen molar-refractivity contribution in [3.05, 3.63) is 113 Å². The van der Waals surface area contributed by atoms with Gasteiger partial charge in [0.05, 0.1) is 17.3 Å². The minimum Gasteiger partial charge on any atom is -0.394 e. The first kappa shape index (κ1) is 33.4. The van der Waals surface area contributed by atoms with Gasteiger partial charge in [-0.2, -0.15) is 18.4 Å². The number of benzene rings is 3. The zero-order valence-electron chi connectivity index (χ0n) is 25.0. The lowest BCUT2D eigenvalue weighted by Gasteiger charge is -2.41. The Morgan fingerprint density at radius 3 is 2.33 bits per heavy atom. The molecule has 4 rings (SSSR count). The Morgan fingerprint density at radius 2 is 1.74 bits per heavy atom. The summed E-state index contributed by atoms with van der Waals surface area (Å²) in [6.07, 6.45) is -4.73. The third kappa shape index (κ3) is 6.91. The number of likely N-dealkylation sites (tertiary alicyclic amines) is 1. The highest BCUT2D eigenvalue weighted by Crippen LogP contribution is 2.38. The summed E-state index contributed by atoms with van der Waals surface area (Å²) in [5.41, 5.74) is 5.37. The van der Waals surface area contributed by atoms with Crippen molar-refractivity contribution >= 4 is 29.2 Å². The fraction of sp³-hybridized carbons (Fsp3) is 0.242. The highest BCUT2D eigenvalue weighted by atomic mass is 19.4. The van der Waals surface area contributed by atoms with E-state index in [1.54, 1.807) is 37.3 Å². The Bertz CT molecular complexity index is 1730. The summed E-state index contributed by atoms with van der Waals surface area (Å²) in [5.74, 6) is -4.39. The summed E-state index contributed by atoms with van der Waals surface area (Å²) in [4.78, 5) is 48.4. The third-order valence-electron chi connectivity index (χ3n) is 7.56. The number of nitrogens with two attached hydrogens (primary N) is 1. The van der Waals surface area contributed by atoms with Gasteiger partial charge in [-0.1, -0.05) is 36.4 Å². The molecule has 3 amide bonds. The van der Waals surface area contributed by atoms with Gasteiger partial charge in [0.25, 0.3) is 17.7 Å². The number of alkyl halides is 3. The summed E-state index contributed by atoms with van der Waals surface area (Å²) in [6, 6.07) is 16.6. The lowest BCUT2D eigenvalue weighted by Crippen LogP contribution is -2.59. The Balaban J connectivity index is 1.98. The number of amidine groups is 1. The van der Waals surface area contributed by atoms with Crippen molar-refractivity contribution in [1.29, 1.82) is 5.26 Å². The monoisotopic (exact) mass is 634 g/mol. The maximum absolute atomic E-state index is 14.2. The number of carbonyl (C=O) groups is 3. The van der Waals surface area contributed by atoms with Crippen LogP contribution in [0.2, 0.25) is 0 Å². The number of hydrogen-bond donors (Lipinski definition) is 2.